The van der Waals surface area contributed by atoms with Gasteiger partial charge in [0, 0.05) is 11.8 Å². The van der Waals surface area contributed by atoms with E-state index >= 15 is 0 Å². The van der Waals surface area contributed by atoms with E-state index in [1.54, 1.807) is 19.4 Å². The third-order valence-corrected chi connectivity index (χ3v) is 6.97. The van der Waals surface area contributed by atoms with Crippen LogP contribution in [0.1, 0.15) is 57.2 Å². The van der Waals surface area contributed by atoms with E-state index in [0.717, 1.165) is 29.4 Å². The van der Waals surface area contributed by atoms with Crippen LogP contribution < -0.4 is 10.1 Å². The molecule has 30 heavy (non-hydrogen) atoms. The molecule has 1 aromatic heterocycles. The topological polar surface area (TPSA) is 68.3 Å². The molecule has 0 unspecified atom stereocenters. The predicted molar refractivity (Wildman–Crippen MR) is 121 cm³/mol. The molecule has 1 aliphatic heterocycles. The molecule has 4 rings (SSSR count). The first kappa shape index (κ1) is 20.7. The van der Waals surface area contributed by atoms with Crippen molar-refractivity contribution in [1.29, 1.82) is 0 Å². The molecule has 0 bridgehead atoms. The van der Waals surface area contributed by atoms with E-state index in [9.17, 15) is 9.59 Å². The Morgan fingerprint density at radius 2 is 1.77 bits per heavy atom. The lowest BCUT2D eigenvalue weighted by atomic mass is 9.63. The van der Waals surface area contributed by atoms with Crippen molar-refractivity contribution in [3.8, 4) is 17.0 Å². The van der Waals surface area contributed by atoms with Crippen LogP contribution in [0.4, 0.5) is 4.79 Å². The second-order valence-corrected chi connectivity index (χ2v) is 10.2. The Kier molecular flexibility index (Phi) is 5.01. The first-order valence-corrected chi connectivity index (χ1v) is 10.9. The lowest BCUT2D eigenvalue weighted by Crippen LogP contribution is -2.33. The van der Waals surface area contributed by atoms with Gasteiger partial charge in [-0.05, 0) is 70.3 Å². The number of fused-ring (bicyclic) bond motifs is 1. The standard InChI is InChI=1S/C24H26N2O3S/c1-23(2)8-9-24(3,4)17-12-15(6-7-16(17)23)20-18(29-5)10-14(13-25-20)11-19-21(27)26-22(28)30-19/h6-7,10-13H,8-9H2,1-5H3,(H,26,27,28)/b19-11-. The number of imide groups is 1. The number of carbonyl (C=O) groups excluding carboxylic acids is 2. The van der Waals surface area contributed by atoms with Crippen molar-refractivity contribution in [1.82, 2.24) is 10.3 Å². The van der Waals surface area contributed by atoms with Gasteiger partial charge < -0.3 is 4.74 Å². The molecule has 0 saturated carbocycles. The molecule has 0 radical (unpaired) electrons. The number of ether oxygens (including phenoxy) is 1. The predicted octanol–water partition coefficient (Wildman–Crippen LogP) is 5.43. The van der Waals surface area contributed by atoms with Gasteiger partial charge in [-0.1, -0.05) is 39.8 Å². The monoisotopic (exact) mass is 422 g/mol. The molecular weight excluding hydrogens is 396 g/mol. The summed E-state index contributed by atoms with van der Waals surface area (Å²) in [6.07, 6.45) is 5.68. The molecule has 0 spiro atoms. The zero-order valence-corrected chi connectivity index (χ0v) is 18.8. The molecule has 1 fully saturated rings. The highest BCUT2D eigenvalue weighted by atomic mass is 32.2. The van der Waals surface area contributed by atoms with Crippen LogP contribution in [0, 0.1) is 0 Å². The van der Waals surface area contributed by atoms with Crippen molar-refractivity contribution >= 4 is 29.0 Å². The first-order chi connectivity index (χ1) is 14.1. The third-order valence-electron chi connectivity index (χ3n) is 6.16. The minimum atomic E-state index is -0.382. The lowest BCUT2D eigenvalue weighted by Gasteiger charge is -2.42. The van der Waals surface area contributed by atoms with E-state index in [2.05, 4.69) is 56.2 Å². The summed E-state index contributed by atoms with van der Waals surface area (Å²) in [6, 6.07) is 8.44. The normalized spacial score (nSPS) is 20.8. The van der Waals surface area contributed by atoms with E-state index in [1.807, 2.05) is 6.07 Å². The summed E-state index contributed by atoms with van der Waals surface area (Å²) in [6.45, 7) is 9.22. The van der Waals surface area contributed by atoms with Crippen molar-refractivity contribution in [2.75, 3.05) is 7.11 Å². The lowest BCUT2D eigenvalue weighted by molar-refractivity contribution is -0.115. The SMILES string of the molecule is COc1cc(/C=C2\SC(=O)NC2=O)cnc1-c1ccc2c(c1)C(C)(C)CCC2(C)C. The zero-order chi connectivity index (χ0) is 21.7. The average molecular weight is 423 g/mol. The number of methoxy groups -OCH3 is 1. The van der Waals surface area contributed by atoms with Crippen LogP contribution in [0.15, 0.2) is 35.4 Å². The molecule has 2 amide bonds. The van der Waals surface area contributed by atoms with Crippen molar-refractivity contribution in [3.63, 3.8) is 0 Å². The van der Waals surface area contributed by atoms with E-state index in [-0.39, 0.29) is 22.0 Å². The molecule has 6 heteroatoms. The number of thioether (sulfide) groups is 1. The molecule has 1 N–H and O–H groups in total. The van der Waals surface area contributed by atoms with Crippen LogP contribution >= 0.6 is 11.8 Å². The number of nitrogens with one attached hydrogen (secondary N) is 1. The van der Waals surface area contributed by atoms with Crippen molar-refractivity contribution in [2.45, 2.75) is 51.4 Å². The Morgan fingerprint density at radius 1 is 1.07 bits per heavy atom. The second-order valence-electron chi connectivity index (χ2n) is 9.20. The van der Waals surface area contributed by atoms with Crippen LogP contribution in [0.2, 0.25) is 0 Å². The molecule has 1 saturated heterocycles. The third kappa shape index (κ3) is 3.65. The minimum absolute atomic E-state index is 0.109. The largest absolute Gasteiger partial charge is 0.494 e. The van der Waals surface area contributed by atoms with E-state index in [1.165, 1.54) is 17.5 Å². The average Bonchev–Trinajstić information content (AvgIpc) is 3.02. The molecule has 2 aliphatic rings. The van der Waals surface area contributed by atoms with Gasteiger partial charge in [0.25, 0.3) is 11.1 Å². The zero-order valence-electron chi connectivity index (χ0n) is 18.0. The number of aromatic nitrogens is 1. The molecule has 1 aliphatic carbocycles. The van der Waals surface area contributed by atoms with E-state index in [4.69, 9.17) is 4.74 Å². The van der Waals surface area contributed by atoms with Gasteiger partial charge in [0.05, 0.1) is 12.0 Å². The maximum absolute atomic E-state index is 11.8. The van der Waals surface area contributed by atoms with Gasteiger partial charge in [-0.2, -0.15) is 0 Å². The fraction of sp³-hybridized carbons (Fsp3) is 0.375. The summed E-state index contributed by atoms with van der Waals surface area (Å²) in [4.78, 5) is 28.2. The minimum Gasteiger partial charge on any atom is -0.494 e. The fourth-order valence-electron chi connectivity index (χ4n) is 4.22. The molecule has 5 nitrogen and oxygen atoms in total. The molecular formula is C24H26N2O3S. The molecule has 156 valence electrons. The highest BCUT2D eigenvalue weighted by Crippen LogP contribution is 2.47. The second kappa shape index (κ2) is 7.27. The Morgan fingerprint density at radius 3 is 2.40 bits per heavy atom. The van der Waals surface area contributed by atoms with Crippen molar-refractivity contribution in [3.05, 3.63) is 52.1 Å². The van der Waals surface area contributed by atoms with Gasteiger partial charge in [0.15, 0.2) is 0 Å². The molecule has 1 aromatic carbocycles. The summed E-state index contributed by atoms with van der Waals surface area (Å²) in [5.41, 5.74) is 5.52. The summed E-state index contributed by atoms with van der Waals surface area (Å²) in [7, 11) is 1.61. The number of nitrogens with zero attached hydrogens (tertiary/aromatic N) is 1. The summed E-state index contributed by atoms with van der Waals surface area (Å²) in [5.74, 6) is 0.250. The first-order valence-electron chi connectivity index (χ1n) is 10.0. The molecule has 2 aromatic rings. The van der Waals surface area contributed by atoms with Gasteiger partial charge in [-0.25, -0.2) is 0 Å². The summed E-state index contributed by atoms with van der Waals surface area (Å²) >= 11 is 0.890. The Hall–Kier alpha value is -2.60. The van der Waals surface area contributed by atoms with Gasteiger partial charge >= 0.3 is 0 Å². The van der Waals surface area contributed by atoms with Crippen LogP contribution in [-0.4, -0.2) is 23.2 Å². The number of benzene rings is 1. The maximum Gasteiger partial charge on any atom is 0.290 e. The van der Waals surface area contributed by atoms with E-state index < -0.39 is 0 Å². The smallest absolute Gasteiger partial charge is 0.290 e. The number of hydrogen-bond donors (Lipinski definition) is 1. The number of pyridine rings is 1. The van der Waals surface area contributed by atoms with Gasteiger partial charge in [-0.15, -0.1) is 0 Å². The quantitative estimate of drug-likeness (QED) is 0.668. The van der Waals surface area contributed by atoms with Crippen LogP contribution in [-0.2, 0) is 15.6 Å². The Bertz CT molecular complexity index is 1090. The maximum atomic E-state index is 11.8. The highest BCUT2D eigenvalue weighted by molar-refractivity contribution is 8.18. The fourth-order valence-corrected chi connectivity index (χ4v) is 4.90. The number of hydrogen-bond acceptors (Lipinski definition) is 5. The molecule has 2 heterocycles. The number of amides is 2. The number of rotatable bonds is 3. The van der Waals surface area contributed by atoms with Gasteiger partial charge in [0.1, 0.15) is 11.4 Å². The summed E-state index contributed by atoms with van der Waals surface area (Å²) < 4.78 is 5.62. The Labute approximate surface area is 181 Å². The van der Waals surface area contributed by atoms with Crippen molar-refractivity contribution < 1.29 is 14.3 Å². The Balaban J connectivity index is 1.76. The van der Waals surface area contributed by atoms with Gasteiger partial charge in [-0.3, -0.25) is 19.9 Å². The number of carbonyl (C=O) groups is 2. The summed E-state index contributed by atoms with van der Waals surface area (Å²) in [5, 5.41) is 1.90. The van der Waals surface area contributed by atoms with E-state index in [0.29, 0.717) is 16.2 Å². The van der Waals surface area contributed by atoms with Crippen LogP contribution in [0.25, 0.3) is 17.3 Å². The van der Waals surface area contributed by atoms with Gasteiger partial charge in [0.2, 0.25) is 0 Å². The molecule has 0 atom stereocenters. The van der Waals surface area contributed by atoms with Crippen molar-refractivity contribution in [2.24, 2.45) is 0 Å². The van der Waals surface area contributed by atoms with Crippen LogP contribution in [0.5, 0.6) is 5.75 Å². The van der Waals surface area contributed by atoms with Crippen LogP contribution in [0.3, 0.4) is 0 Å². The highest BCUT2D eigenvalue weighted by Gasteiger charge is 2.37.